The number of benzene rings is 1. The Kier molecular flexibility index (Phi) is 3.86. The number of nitrogens with two attached hydrogens (primary N) is 1. The summed E-state index contributed by atoms with van der Waals surface area (Å²) in [7, 11) is 0. The van der Waals surface area contributed by atoms with Crippen molar-refractivity contribution in [2.75, 3.05) is 10.6 Å². The van der Waals surface area contributed by atoms with Crippen LogP contribution in [0.3, 0.4) is 0 Å². The molecular formula is C14H16N4OS2. The molecule has 110 valence electrons. The van der Waals surface area contributed by atoms with E-state index in [1.165, 1.54) is 28.7 Å². The molecule has 1 aromatic heterocycles. The second-order valence-electron chi connectivity index (χ2n) is 5.06. The van der Waals surface area contributed by atoms with E-state index in [0.717, 1.165) is 16.4 Å². The molecule has 2 atom stereocenters. The van der Waals surface area contributed by atoms with Crippen LogP contribution in [0.15, 0.2) is 28.6 Å². The van der Waals surface area contributed by atoms with E-state index in [4.69, 9.17) is 5.73 Å². The molecule has 2 N–H and O–H groups in total. The molecule has 1 amide bonds. The van der Waals surface area contributed by atoms with E-state index in [9.17, 15) is 4.79 Å². The van der Waals surface area contributed by atoms with E-state index >= 15 is 0 Å². The van der Waals surface area contributed by atoms with Crippen LogP contribution in [0.1, 0.15) is 19.4 Å². The monoisotopic (exact) mass is 320 g/mol. The summed E-state index contributed by atoms with van der Waals surface area (Å²) in [5.41, 5.74) is 7.83. The van der Waals surface area contributed by atoms with E-state index in [-0.39, 0.29) is 17.2 Å². The number of carbonyl (C=O) groups excluding carboxylic acids is 1. The third kappa shape index (κ3) is 2.75. The Morgan fingerprint density at radius 3 is 2.95 bits per heavy atom. The number of carbonyl (C=O) groups is 1. The molecule has 1 aliphatic rings. The maximum absolute atomic E-state index is 12.8. The van der Waals surface area contributed by atoms with Gasteiger partial charge in [0, 0.05) is 11.7 Å². The van der Waals surface area contributed by atoms with E-state index < -0.39 is 0 Å². The van der Waals surface area contributed by atoms with E-state index in [0.29, 0.717) is 5.13 Å². The van der Waals surface area contributed by atoms with Crippen molar-refractivity contribution in [1.29, 1.82) is 0 Å². The zero-order valence-electron chi connectivity index (χ0n) is 11.8. The molecular weight excluding hydrogens is 304 g/mol. The molecule has 0 spiro atoms. The number of rotatable bonds is 3. The Bertz CT molecular complexity index is 672. The lowest BCUT2D eigenvalue weighted by molar-refractivity contribution is -0.118. The summed E-state index contributed by atoms with van der Waals surface area (Å²) in [6.07, 6.45) is 0.908. The molecule has 0 aliphatic carbocycles. The van der Waals surface area contributed by atoms with Crippen LogP contribution in [0.2, 0.25) is 0 Å². The van der Waals surface area contributed by atoms with Gasteiger partial charge >= 0.3 is 0 Å². The molecule has 0 saturated heterocycles. The minimum absolute atomic E-state index is 0.103. The van der Waals surface area contributed by atoms with Crippen LogP contribution in [-0.2, 0) is 11.2 Å². The number of nitrogen functional groups attached to an aromatic ring is 1. The van der Waals surface area contributed by atoms with Crippen molar-refractivity contribution in [3.63, 3.8) is 0 Å². The molecule has 0 bridgehead atoms. The summed E-state index contributed by atoms with van der Waals surface area (Å²) >= 11 is 2.72. The first-order valence-electron chi connectivity index (χ1n) is 6.73. The van der Waals surface area contributed by atoms with Crippen LogP contribution in [-0.4, -0.2) is 27.4 Å². The van der Waals surface area contributed by atoms with Crippen LogP contribution in [0.4, 0.5) is 10.8 Å². The Labute approximate surface area is 131 Å². The highest BCUT2D eigenvalue weighted by Gasteiger charge is 2.33. The number of hydrogen-bond donors (Lipinski definition) is 1. The summed E-state index contributed by atoms with van der Waals surface area (Å²) in [5, 5.41) is 7.95. The number of para-hydroxylation sites is 1. The van der Waals surface area contributed by atoms with Gasteiger partial charge in [-0.15, -0.1) is 10.2 Å². The van der Waals surface area contributed by atoms with Gasteiger partial charge in [0.2, 0.25) is 11.0 Å². The molecule has 2 aromatic rings. The van der Waals surface area contributed by atoms with Crippen LogP contribution in [0.25, 0.3) is 0 Å². The Morgan fingerprint density at radius 2 is 2.24 bits per heavy atom. The number of fused-ring (bicyclic) bond motifs is 1. The summed E-state index contributed by atoms with van der Waals surface area (Å²) in [6, 6.07) is 8.28. The van der Waals surface area contributed by atoms with Crippen molar-refractivity contribution in [2.45, 2.75) is 35.9 Å². The van der Waals surface area contributed by atoms with E-state index in [1.54, 1.807) is 0 Å². The van der Waals surface area contributed by atoms with Gasteiger partial charge < -0.3 is 10.6 Å². The third-order valence-electron chi connectivity index (χ3n) is 3.49. The first-order chi connectivity index (χ1) is 10.1. The molecule has 5 nitrogen and oxygen atoms in total. The van der Waals surface area contributed by atoms with Crippen molar-refractivity contribution in [3.8, 4) is 0 Å². The average Bonchev–Trinajstić information content (AvgIpc) is 3.00. The molecule has 1 aliphatic heterocycles. The molecule has 21 heavy (non-hydrogen) atoms. The highest BCUT2D eigenvalue weighted by atomic mass is 32.2. The van der Waals surface area contributed by atoms with Crippen molar-refractivity contribution in [2.24, 2.45) is 0 Å². The van der Waals surface area contributed by atoms with Gasteiger partial charge in [-0.1, -0.05) is 41.3 Å². The fourth-order valence-corrected chi connectivity index (χ4v) is 4.40. The predicted octanol–water partition coefficient (Wildman–Crippen LogP) is 2.58. The highest BCUT2D eigenvalue weighted by molar-refractivity contribution is 8.02. The van der Waals surface area contributed by atoms with Crippen LogP contribution in [0.5, 0.6) is 0 Å². The first-order valence-corrected chi connectivity index (χ1v) is 8.42. The Balaban J connectivity index is 1.78. The van der Waals surface area contributed by atoms with Crippen molar-refractivity contribution >= 4 is 39.8 Å². The van der Waals surface area contributed by atoms with Crippen molar-refractivity contribution < 1.29 is 4.79 Å². The summed E-state index contributed by atoms with van der Waals surface area (Å²) < 4.78 is 0.730. The van der Waals surface area contributed by atoms with Gasteiger partial charge in [-0.2, -0.15) is 0 Å². The van der Waals surface area contributed by atoms with E-state index in [2.05, 4.69) is 23.2 Å². The minimum atomic E-state index is -0.217. The van der Waals surface area contributed by atoms with Gasteiger partial charge in [0.1, 0.15) is 0 Å². The van der Waals surface area contributed by atoms with Gasteiger partial charge in [-0.05, 0) is 31.9 Å². The highest BCUT2D eigenvalue weighted by Crippen LogP contribution is 2.35. The summed E-state index contributed by atoms with van der Waals surface area (Å²) in [4.78, 5) is 14.7. The van der Waals surface area contributed by atoms with E-state index in [1.807, 2.05) is 30.0 Å². The Hall–Kier alpha value is -1.60. The fraction of sp³-hybridized carbons (Fsp3) is 0.357. The first kappa shape index (κ1) is 14.3. The number of amides is 1. The molecule has 7 heteroatoms. The number of nitrogens with zero attached hydrogens (tertiary/aromatic N) is 3. The summed E-state index contributed by atoms with van der Waals surface area (Å²) in [6.45, 7) is 3.98. The smallest absolute Gasteiger partial charge is 0.240 e. The summed E-state index contributed by atoms with van der Waals surface area (Å²) in [5.74, 6) is 0.103. The molecule has 0 saturated carbocycles. The number of aromatic nitrogens is 2. The van der Waals surface area contributed by atoms with Crippen molar-refractivity contribution in [1.82, 2.24) is 10.2 Å². The second-order valence-corrected chi connectivity index (χ2v) is 7.65. The number of anilines is 2. The maximum Gasteiger partial charge on any atom is 0.240 e. The lowest BCUT2D eigenvalue weighted by atomic mass is 10.1. The second kappa shape index (κ2) is 5.65. The lowest BCUT2D eigenvalue weighted by Crippen LogP contribution is -2.40. The predicted molar refractivity (Wildman–Crippen MR) is 86.7 cm³/mol. The molecule has 3 rings (SSSR count). The zero-order valence-corrected chi connectivity index (χ0v) is 13.4. The molecule has 2 heterocycles. The standard InChI is InChI=1S/C14H16N4OS2/c1-8-7-10-5-3-4-6-11(10)18(8)12(19)9(2)20-14-17-16-13(15)21-14/h3-6,8-9H,7H2,1-2H3,(H2,15,16)/t8-,9+/m0/s1. The van der Waals surface area contributed by atoms with Gasteiger partial charge in [-0.3, -0.25) is 4.79 Å². The number of hydrogen-bond acceptors (Lipinski definition) is 6. The van der Waals surface area contributed by atoms with Crippen molar-refractivity contribution in [3.05, 3.63) is 29.8 Å². The topological polar surface area (TPSA) is 72.1 Å². The largest absolute Gasteiger partial charge is 0.374 e. The Morgan fingerprint density at radius 1 is 1.48 bits per heavy atom. The fourth-order valence-electron chi connectivity index (χ4n) is 2.57. The van der Waals surface area contributed by atoms with Crippen LogP contribution < -0.4 is 10.6 Å². The molecule has 0 unspecified atom stereocenters. The van der Waals surface area contributed by atoms with Crippen LogP contribution in [0, 0.1) is 0 Å². The average molecular weight is 320 g/mol. The van der Waals surface area contributed by atoms with Gasteiger partial charge in [0.05, 0.1) is 5.25 Å². The zero-order chi connectivity index (χ0) is 15.0. The van der Waals surface area contributed by atoms with Gasteiger partial charge in [0.25, 0.3) is 0 Å². The van der Waals surface area contributed by atoms with Gasteiger partial charge in [0.15, 0.2) is 4.34 Å². The van der Waals surface area contributed by atoms with Gasteiger partial charge in [-0.25, -0.2) is 0 Å². The third-order valence-corrected chi connectivity index (χ3v) is 5.42. The lowest BCUT2D eigenvalue weighted by Gasteiger charge is -2.25. The quantitative estimate of drug-likeness (QED) is 0.880. The minimum Gasteiger partial charge on any atom is -0.374 e. The molecule has 1 aromatic carbocycles. The normalized spacial score (nSPS) is 18.6. The SMILES string of the molecule is C[C@@H](Sc1nnc(N)s1)C(=O)N1c2ccccc2C[C@@H]1C. The molecule has 0 radical (unpaired) electrons. The van der Waals surface area contributed by atoms with Crippen LogP contribution >= 0.6 is 23.1 Å². The molecule has 0 fully saturated rings. The number of thioether (sulfide) groups is 1. The maximum atomic E-state index is 12.8.